The predicted molar refractivity (Wildman–Crippen MR) is 97.7 cm³/mol. The van der Waals surface area contributed by atoms with Crippen molar-refractivity contribution >= 4 is 28.4 Å². The van der Waals surface area contributed by atoms with Crippen LogP contribution >= 0.6 is 0 Å². The third-order valence-corrected chi connectivity index (χ3v) is 11.5. The van der Waals surface area contributed by atoms with E-state index in [0.29, 0.717) is 0 Å². The zero-order valence-electron chi connectivity index (χ0n) is 13.7. The van der Waals surface area contributed by atoms with Crippen LogP contribution in [0.2, 0.25) is 0 Å². The van der Waals surface area contributed by atoms with Gasteiger partial charge in [-0.25, -0.2) is 0 Å². The van der Waals surface area contributed by atoms with Crippen LogP contribution in [0.25, 0.3) is 0 Å². The highest BCUT2D eigenvalue weighted by atomic mass is 29.1. The molecule has 2 rings (SSSR count). The molecule has 0 saturated carbocycles. The predicted octanol–water partition coefficient (Wildman–Crippen LogP) is 1.74. The number of hydrogen-bond acceptors (Lipinski definition) is 0. The maximum absolute atomic E-state index is 2.36. The molecule has 0 aliphatic carbocycles. The maximum atomic E-state index is 2.36. The molecule has 0 aliphatic heterocycles. The minimum absolute atomic E-state index is 0.0997. The molecule has 106 valence electrons. The lowest BCUT2D eigenvalue weighted by atomic mass is 10.1. The van der Waals surface area contributed by atoms with E-state index in [1.165, 1.54) is 33.4 Å². The second-order valence-corrected chi connectivity index (χ2v) is 11.7. The van der Waals surface area contributed by atoms with Gasteiger partial charge in [-0.3, -0.25) is 0 Å². The fourth-order valence-corrected chi connectivity index (χ4v) is 12.2. The van der Waals surface area contributed by atoms with Crippen LogP contribution in [0.1, 0.15) is 33.4 Å². The highest BCUT2D eigenvalue weighted by molar-refractivity contribution is 7.13. The van der Waals surface area contributed by atoms with Gasteiger partial charge in [-0.1, -0.05) is 68.0 Å². The summed E-state index contributed by atoms with van der Waals surface area (Å²) in [5.74, 6) is 0. The number of rotatable bonds is 3. The first-order valence-electron chi connectivity index (χ1n) is 7.52. The summed E-state index contributed by atoms with van der Waals surface area (Å²) in [6, 6.07) is 9.44. The monoisotopic (exact) mass is 298 g/mol. The summed E-state index contributed by atoms with van der Waals surface area (Å²) in [5, 5.41) is 3.45. The molecule has 0 heterocycles. The molecule has 0 fully saturated rings. The van der Waals surface area contributed by atoms with Crippen molar-refractivity contribution in [1.29, 1.82) is 0 Å². The Morgan fingerprint density at radius 3 is 1.00 bits per heavy atom. The molecule has 0 N–H and O–H groups in total. The van der Waals surface area contributed by atoms with Gasteiger partial charge < -0.3 is 0 Å². The van der Waals surface area contributed by atoms with Gasteiger partial charge in [-0.15, -0.1) is 0 Å². The van der Waals surface area contributed by atoms with E-state index in [1.807, 2.05) is 0 Å². The van der Waals surface area contributed by atoms with Gasteiger partial charge in [-0.2, -0.15) is 0 Å². The van der Waals surface area contributed by atoms with Crippen molar-refractivity contribution in [3.8, 4) is 0 Å². The van der Waals surface area contributed by atoms with Crippen LogP contribution in [0, 0.1) is 41.5 Å². The SMILES string of the molecule is Cc1cc(C)c([SiH2][SiH2]c2c(C)cc(C)cc2C)c(C)c1. The first-order chi connectivity index (χ1) is 9.38. The minimum atomic E-state index is -0.0997. The Balaban J connectivity index is 2.26. The van der Waals surface area contributed by atoms with E-state index in [2.05, 4.69) is 65.8 Å². The fraction of sp³-hybridized carbons (Fsp3) is 0.333. The Bertz CT molecular complexity index is 538. The lowest BCUT2D eigenvalue weighted by Gasteiger charge is -2.14. The van der Waals surface area contributed by atoms with Gasteiger partial charge in [-0.05, 0) is 41.5 Å². The van der Waals surface area contributed by atoms with Gasteiger partial charge in [0.05, 0.1) is 0 Å². The van der Waals surface area contributed by atoms with E-state index in [4.69, 9.17) is 0 Å². The summed E-state index contributed by atoms with van der Waals surface area (Å²) in [6.45, 7) is 13.6. The smallest absolute Gasteiger partial charge is 0.0484 e. The highest BCUT2D eigenvalue weighted by Gasteiger charge is 2.09. The second-order valence-electron chi connectivity index (χ2n) is 6.25. The minimum Gasteiger partial charge on any atom is -0.0640 e. The van der Waals surface area contributed by atoms with Crippen molar-refractivity contribution < 1.29 is 0 Å². The van der Waals surface area contributed by atoms with E-state index in [9.17, 15) is 0 Å². The lowest BCUT2D eigenvalue weighted by Crippen LogP contribution is -2.35. The number of benzene rings is 2. The van der Waals surface area contributed by atoms with Gasteiger partial charge in [0.2, 0.25) is 0 Å². The molecule has 0 bridgehead atoms. The van der Waals surface area contributed by atoms with Crippen LogP contribution < -0.4 is 10.4 Å². The van der Waals surface area contributed by atoms with Crippen LogP contribution in [0.15, 0.2) is 24.3 Å². The molecule has 0 aromatic heterocycles. The Morgan fingerprint density at radius 2 is 0.750 bits per heavy atom. The van der Waals surface area contributed by atoms with Gasteiger partial charge >= 0.3 is 0 Å². The molecule has 0 amide bonds. The zero-order valence-corrected chi connectivity index (χ0v) is 16.6. The van der Waals surface area contributed by atoms with E-state index < -0.39 is 0 Å². The summed E-state index contributed by atoms with van der Waals surface area (Å²) in [6.07, 6.45) is 0. The molecule has 2 aromatic carbocycles. The molecular weight excluding hydrogens is 272 g/mol. The number of aryl methyl sites for hydroxylation is 6. The lowest BCUT2D eigenvalue weighted by molar-refractivity contribution is 1.35. The third kappa shape index (κ3) is 3.30. The van der Waals surface area contributed by atoms with E-state index in [0.717, 1.165) is 0 Å². The van der Waals surface area contributed by atoms with Crippen LogP contribution in [0.4, 0.5) is 0 Å². The van der Waals surface area contributed by atoms with Gasteiger partial charge in [0.1, 0.15) is 0 Å². The maximum Gasteiger partial charge on any atom is 0.0484 e. The molecule has 0 aliphatic rings. The summed E-state index contributed by atoms with van der Waals surface area (Å²) < 4.78 is 0. The molecular formula is C18H26Si2. The van der Waals surface area contributed by atoms with Gasteiger partial charge in [0.15, 0.2) is 0 Å². The average Bonchev–Trinajstić information content (AvgIpc) is 2.30. The third-order valence-electron chi connectivity index (χ3n) is 4.31. The first kappa shape index (κ1) is 15.3. The van der Waals surface area contributed by atoms with Crippen LogP contribution in [0.3, 0.4) is 0 Å². The van der Waals surface area contributed by atoms with Crippen molar-refractivity contribution in [2.24, 2.45) is 0 Å². The Kier molecular flexibility index (Phi) is 4.66. The molecule has 2 heteroatoms. The molecule has 0 saturated heterocycles. The summed E-state index contributed by atoms with van der Waals surface area (Å²) in [4.78, 5) is 0. The van der Waals surface area contributed by atoms with E-state index in [1.54, 1.807) is 10.4 Å². The standard InChI is InChI=1S/C18H26Si2/c1-11-7-13(3)17(14(4)8-11)19-20-18-15(5)9-12(2)10-16(18)6/h7-10H,19-20H2,1-6H3. The molecule has 0 spiro atoms. The Labute approximate surface area is 128 Å². The topological polar surface area (TPSA) is 0 Å². The van der Waals surface area contributed by atoms with Crippen molar-refractivity contribution in [3.05, 3.63) is 57.6 Å². The highest BCUT2D eigenvalue weighted by Crippen LogP contribution is 2.07. The molecule has 0 atom stereocenters. The summed E-state index contributed by atoms with van der Waals surface area (Å²) >= 11 is 0. The molecule has 2 aromatic rings. The van der Waals surface area contributed by atoms with Crippen LogP contribution in [-0.2, 0) is 0 Å². The van der Waals surface area contributed by atoms with E-state index in [-0.39, 0.29) is 18.1 Å². The number of hydrogen-bond donors (Lipinski definition) is 0. The van der Waals surface area contributed by atoms with Crippen LogP contribution in [-0.4, -0.2) is 18.1 Å². The van der Waals surface area contributed by atoms with Crippen LogP contribution in [0.5, 0.6) is 0 Å². The normalized spacial score (nSPS) is 12.1. The molecule has 20 heavy (non-hydrogen) atoms. The fourth-order valence-electron chi connectivity index (χ4n) is 3.46. The largest absolute Gasteiger partial charge is 0.0640 e. The van der Waals surface area contributed by atoms with Crippen molar-refractivity contribution in [2.75, 3.05) is 0 Å². The van der Waals surface area contributed by atoms with Crippen molar-refractivity contribution in [1.82, 2.24) is 0 Å². The molecule has 0 unspecified atom stereocenters. The first-order valence-corrected chi connectivity index (χ1v) is 12.9. The summed E-state index contributed by atoms with van der Waals surface area (Å²) in [5.41, 5.74) is 8.94. The van der Waals surface area contributed by atoms with Gasteiger partial charge in [0, 0.05) is 18.1 Å². The van der Waals surface area contributed by atoms with Crippen molar-refractivity contribution in [3.63, 3.8) is 0 Å². The molecule has 0 nitrogen and oxygen atoms in total. The Hall–Kier alpha value is -1.13. The quantitative estimate of drug-likeness (QED) is 0.757. The average molecular weight is 299 g/mol. The Morgan fingerprint density at radius 1 is 0.500 bits per heavy atom. The van der Waals surface area contributed by atoms with Gasteiger partial charge in [0.25, 0.3) is 0 Å². The van der Waals surface area contributed by atoms with Crippen molar-refractivity contribution in [2.45, 2.75) is 41.5 Å². The zero-order chi connectivity index (χ0) is 14.9. The summed E-state index contributed by atoms with van der Waals surface area (Å²) in [7, 11) is -0.199. The second kappa shape index (κ2) is 6.10. The molecule has 0 radical (unpaired) electrons. The van der Waals surface area contributed by atoms with E-state index >= 15 is 0 Å².